The maximum atomic E-state index is 12.4. The molecule has 1 N–H and O–H groups in total. The fraction of sp³-hybridized carbons (Fsp3) is 0.419. The van der Waals surface area contributed by atoms with Crippen molar-refractivity contribution in [2.75, 3.05) is 5.75 Å². The first-order valence-electron chi connectivity index (χ1n) is 13.4. The third kappa shape index (κ3) is 5.35. The number of aromatic hydroxyl groups is 1. The Hall–Kier alpha value is -3.19. The number of sulfone groups is 1. The average molecular weight is 534 g/mol. The van der Waals surface area contributed by atoms with Crippen molar-refractivity contribution in [3.63, 3.8) is 0 Å². The third-order valence-corrected chi connectivity index (χ3v) is 9.48. The summed E-state index contributed by atoms with van der Waals surface area (Å²) < 4.78 is 24.9. The fourth-order valence-electron chi connectivity index (χ4n) is 4.97. The van der Waals surface area contributed by atoms with Crippen LogP contribution >= 0.6 is 0 Å². The summed E-state index contributed by atoms with van der Waals surface area (Å²) in [6, 6.07) is 19.1. The number of hydrogen-bond acceptors (Lipinski definition) is 5. The van der Waals surface area contributed by atoms with Crippen molar-refractivity contribution in [3.8, 4) is 11.4 Å². The van der Waals surface area contributed by atoms with Gasteiger partial charge in [0.05, 0.1) is 10.6 Å². The van der Waals surface area contributed by atoms with Crippen LogP contribution in [0, 0.1) is 0 Å². The molecule has 38 heavy (non-hydrogen) atoms. The van der Waals surface area contributed by atoms with Crippen LogP contribution in [0.4, 0.5) is 0 Å². The van der Waals surface area contributed by atoms with Gasteiger partial charge in [-0.05, 0) is 47.2 Å². The van der Waals surface area contributed by atoms with Crippen LogP contribution in [0.25, 0.3) is 16.7 Å². The van der Waals surface area contributed by atoms with Gasteiger partial charge in [0.2, 0.25) is 0 Å². The lowest BCUT2D eigenvalue weighted by molar-refractivity contribution is 0.433. The summed E-state index contributed by atoms with van der Waals surface area (Å²) in [7, 11) is -3.37. The van der Waals surface area contributed by atoms with E-state index in [4.69, 9.17) is 0 Å². The molecular weight excluding hydrogens is 494 g/mol. The number of nitrogens with zero attached hydrogens (tertiary/aromatic N) is 3. The molecule has 4 rings (SSSR count). The van der Waals surface area contributed by atoms with E-state index in [-0.39, 0.29) is 21.8 Å². The molecule has 0 saturated heterocycles. The number of hydrogen-bond donors (Lipinski definition) is 1. The molecule has 0 aliphatic heterocycles. The second kappa shape index (κ2) is 10.5. The van der Waals surface area contributed by atoms with Crippen LogP contribution in [-0.2, 0) is 20.7 Å². The molecule has 0 unspecified atom stereocenters. The lowest BCUT2D eigenvalue weighted by Crippen LogP contribution is -2.23. The van der Waals surface area contributed by atoms with Crippen molar-refractivity contribution >= 4 is 20.9 Å². The molecule has 0 amide bonds. The average Bonchev–Trinajstić information content (AvgIpc) is 3.32. The molecule has 0 fully saturated rings. The lowest BCUT2D eigenvalue weighted by Gasteiger charge is -2.32. The number of benzene rings is 3. The quantitative estimate of drug-likeness (QED) is 0.220. The smallest absolute Gasteiger partial charge is 0.178 e. The van der Waals surface area contributed by atoms with E-state index < -0.39 is 15.3 Å². The van der Waals surface area contributed by atoms with Gasteiger partial charge < -0.3 is 5.11 Å². The van der Waals surface area contributed by atoms with E-state index in [0.717, 1.165) is 36.0 Å². The highest BCUT2D eigenvalue weighted by atomic mass is 32.2. The monoisotopic (exact) mass is 533 g/mol. The number of rotatable bonds is 10. The summed E-state index contributed by atoms with van der Waals surface area (Å²) in [5.74, 6) is 0.134. The van der Waals surface area contributed by atoms with Crippen LogP contribution in [0.2, 0.25) is 0 Å². The second-order valence-corrected chi connectivity index (χ2v) is 13.5. The topological polar surface area (TPSA) is 85.1 Å². The van der Waals surface area contributed by atoms with Crippen molar-refractivity contribution in [2.24, 2.45) is 0 Å². The number of aromatic nitrogens is 3. The van der Waals surface area contributed by atoms with E-state index in [1.165, 1.54) is 11.2 Å². The van der Waals surface area contributed by atoms with Gasteiger partial charge in [0.15, 0.2) is 9.84 Å². The van der Waals surface area contributed by atoms with Gasteiger partial charge in [0.1, 0.15) is 22.5 Å². The second-order valence-electron chi connectivity index (χ2n) is 11.3. The van der Waals surface area contributed by atoms with Gasteiger partial charge in [0.25, 0.3) is 0 Å². The van der Waals surface area contributed by atoms with Crippen molar-refractivity contribution in [3.05, 3.63) is 77.4 Å². The van der Waals surface area contributed by atoms with Crippen LogP contribution < -0.4 is 0 Å². The molecule has 0 spiro atoms. The van der Waals surface area contributed by atoms with Gasteiger partial charge in [-0.1, -0.05) is 97.2 Å². The zero-order valence-corrected chi connectivity index (χ0v) is 24.1. The lowest BCUT2D eigenvalue weighted by atomic mass is 9.73. The summed E-state index contributed by atoms with van der Waals surface area (Å²) >= 11 is 0. The minimum absolute atomic E-state index is 0.0144. The van der Waals surface area contributed by atoms with Gasteiger partial charge in [0, 0.05) is 11.0 Å². The zero-order valence-electron chi connectivity index (χ0n) is 23.3. The van der Waals surface area contributed by atoms with E-state index in [1.807, 2.05) is 24.3 Å². The Balaban J connectivity index is 1.92. The van der Waals surface area contributed by atoms with E-state index >= 15 is 0 Å². The van der Waals surface area contributed by atoms with Gasteiger partial charge >= 0.3 is 0 Å². The Bertz CT molecular complexity index is 1540. The van der Waals surface area contributed by atoms with E-state index in [9.17, 15) is 13.5 Å². The van der Waals surface area contributed by atoms with E-state index in [2.05, 4.69) is 63.0 Å². The molecule has 0 aliphatic carbocycles. The molecule has 4 aromatic rings. The Morgan fingerprint density at radius 3 is 2.18 bits per heavy atom. The molecule has 202 valence electrons. The Kier molecular flexibility index (Phi) is 7.71. The SMILES string of the molecule is CCCCCC(C)(C)c1cc(-n2nc3ccc(S(=O)(=O)CC)cc3n2)c(O)c(C(C)(C)c2ccccc2)c1. The van der Waals surface area contributed by atoms with Gasteiger partial charge in [-0.2, -0.15) is 0 Å². The molecule has 0 radical (unpaired) electrons. The Labute approximate surface area is 226 Å². The molecule has 1 heterocycles. The standard InChI is InChI=1S/C31H39N3O3S/c1-7-9-13-18-30(3,4)23-19-25(31(5,6)22-14-11-10-12-15-22)29(35)28(20-23)34-32-26-17-16-24(21-27(26)33-34)38(36,37)8-2/h10-12,14-17,19-21,35H,7-9,13,18H2,1-6H3. The summed E-state index contributed by atoms with van der Waals surface area (Å²) in [5.41, 5.74) is 3.91. The number of phenols is 1. The molecule has 7 heteroatoms. The maximum Gasteiger partial charge on any atom is 0.178 e. The number of unbranched alkanes of at least 4 members (excludes halogenated alkanes) is 2. The predicted octanol–water partition coefficient (Wildman–Crippen LogP) is 7.10. The highest BCUT2D eigenvalue weighted by molar-refractivity contribution is 7.91. The van der Waals surface area contributed by atoms with Gasteiger partial charge in [-0.3, -0.25) is 0 Å². The highest BCUT2D eigenvalue weighted by Crippen LogP contribution is 2.43. The first-order chi connectivity index (χ1) is 17.9. The minimum atomic E-state index is -3.37. The normalized spacial score (nSPS) is 12.8. The van der Waals surface area contributed by atoms with Crippen LogP contribution in [0.5, 0.6) is 5.75 Å². The van der Waals surface area contributed by atoms with Crippen LogP contribution in [0.1, 0.15) is 83.9 Å². The van der Waals surface area contributed by atoms with Gasteiger partial charge in [-0.25, -0.2) is 8.42 Å². The molecule has 0 saturated carbocycles. The van der Waals surface area contributed by atoms with Crippen LogP contribution in [0.15, 0.2) is 65.6 Å². The van der Waals surface area contributed by atoms with E-state index in [1.54, 1.807) is 25.1 Å². The van der Waals surface area contributed by atoms with Crippen molar-refractivity contribution in [1.29, 1.82) is 0 Å². The highest BCUT2D eigenvalue weighted by Gasteiger charge is 2.32. The number of phenolic OH excluding ortho intramolecular Hbond substituents is 1. The third-order valence-electron chi connectivity index (χ3n) is 7.75. The number of fused-ring (bicyclic) bond motifs is 1. The summed E-state index contributed by atoms with van der Waals surface area (Å²) in [5, 5.41) is 21.0. The molecular formula is C31H39N3O3S. The zero-order chi connectivity index (χ0) is 27.7. The van der Waals surface area contributed by atoms with Crippen molar-refractivity contribution in [1.82, 2.24) is 15.0 Å². The first kappa shape index (κ1) is 27.8. The molecule has 0 bridgehead atoms. The van der Waals surface area contributed by atoms with Crippen molar-refractivity contribution in [2.45, 2.75) is 83.0 Å². The molecule has 1 aromatic heterocycles. The Morgan fingerprint density at radius 2 is 1.53 bits per heavy atom. The largest absolute Gasteiger partial charge is 0.505 e. The maximum absolute atomic E-state index is 12.4. The first-order valence-corrected chi connectivity index (χ1v) is 15.1. The summed E-state index contributed by atoms with van der Waals surface area (Å²) in [6.07, 6.45) is 4.47. The van der Waals surface area contributed by atoms with Crippen LogP contribution in [0.3, 0.4) is 0 Å². The van der Waals surface area contributed by atoms with Gasteiger partial charge in [-0.15, -0.1) is 15.0 Å². The molecule has 6 nitrogen and oxygen atoms in total. The van der Waals surface area contributed by atoms with Crippen molar-refractivity contribution < 1.29 is 13.5 Å². The molecule has 0 atom stereocenters. The predicted molar refractivity (Wildman–Crippen MR) is 154 cm³/mol. The molecule has 0 aliphatic rings. The fourth-order valence-corrected chi connectivity index (χ4v) is 5.87. The minimum Gasteiger partial charge on any atom is -0.505 e. The molecule has 3 aromatic carbocycles. The Morgan fingerprint density at radius 1 is 0.842 bits per heavy atom. The van der Waals surface area contributed by atoms with Crippen LogP contribution in [-0.4, -0.2) is 34.3 Å². The van der Waals surface area contributed by atoms with E-state index in [0.29, 0.717) is 16.7 Å². The summed E-state index contributed by atoms with van der Waals surface area (Å²) in [6.45, 7) is 12.5. The summed E-state index contributed by atoms with van der Waals surface area (Å²) in [4.78, 5) is 1.67.